The molecule has 1 aromatic heterocycles. The number of anilines is 1. The van der Waals surface area contributed by atoms with Crippen LogP contribution >= 0.6 is 11.8 Å². The van der Waals surface area contributed by atoms with Crippen LogP contribution in [0.2, 0.25) is 0 Å². The maximum absolute atomic E-state index is 12.7. The van der Waals surface area contributed by atoms with Crippen molar-refractivity contribution in [3.8, 4) is 11.4 Å². The summed E-state index contributed by atoms with van der Waals surface area (Å²) in [4.78, 5) is 12.7. The SMILES string of the molecule is COCCn1c(SC(C)C(=O)Nc2ccccc2C)nnc1-c1cccc(C)c1. The van der Waals surface area contributed by atoms with Crippen molar-refractivity contribution in [2.75, 3.05) is 19.0 Å². The van der Waals surface area contributed by atoms with E-state index in [0.29, 0.717) is 18.3 Å². The summed E-state index contributed by atoms with van der Waals surface area (Å²) in [6, 6.07) is 15.9. The predicted molar refractivity (Wildman–Crippen MR) is 117 cm³/mol. The second-order valence-electron chi connectivity index (χ2n) is 6.88. The molecule has 3 rings (SSSR count). The highest BCUT2D eigenvalue weighted by molar-refractivity contribution is 8.00. The molecule has 0 aliphatic carbocycles. The highest BCUT2D eigenvalue weighted by atomic mass is 32.2. The van der Waals surface area contributed by atoms with Crippen LogP contribution in [0.15, 0.2) is 53.7 Å². The Labute approximate surface area is 175 Å². The lowest BCUT2D eigenvalue weighted by Crippen LogP contribution is -2.23. The normalized spacial score (nSPS) is 12.0. The van der Waals surface area contributed by atoms with Gasteiger partial charge in [0.25, 0.3) is 0 Å². The molecule has 152 valence electrons. The van der Waals surface area contributed by atoms with Crippen molar-refractivity contribution in [3.05, 3.63) is 59.7 Å². The number of hydrogen-bond donors (Lipinski definition) is 1. The van der Waals surface area contributed by atoms with Gasteiger partial charge in [0.1, 0.15) is 0 Å². The van der Waals surface area contributed by atoms with Gasteiger partial charge in [-0.2, -0.15) is 0 Å². The molecule has 0 fully saturated rings. The summed E-state index contributed by atoms with van der Waals surface area (Å²) < 4.78 is 7.28. The van der Waals surface area contributed by atoms with E-state index in [0.717, 1.165) is 28.2 Å². The maximum atomic E-state index is 12.7. The second kappa shape index (κ2) is 9.71. The first-order chi connectivity index (χ1) is 14.0. The standard InChI is InChI=1S/C22H26N4O2S/c1-15-8-7-10-18(14-15)20-24-25-22(26(20)12-13-28-4)29-17(3)21(27)23-19-11-6-5-9-16(19)2/h5-11,14,17H,12-13H2,1-4H3,(H,23,27). The molecule has 0 bridgehead atoms. The molecule has 2 aromatic carbocycles. The van der Waals surface area contributed by atoms with E-state index < -0.39 is 0 Å². The van der Waals surface area contributed by atoms with Gasteiger partial charge in [0.15, 0.2) is 11.0 Å². The Morgan fingerprint density at radius 1 is 1.17 bits per heavy atom. The number of carbonyl (C=O) groups is 1. The Kier molecular flexibility index (Phi) is 7.06. The van der Waals surface area contributed by atoms with Gasteiger partial charge in [-0.25, -0.2) is 0 Å². The molecule has 0 saturated heterocycles. The number of hydrogen-bond acceptors (Lipinski definition) is 5. The molecule has 0 saturated carbocycles. The number of nitrogens with one attached hydrogen (secondary N) is 1. The van der Waals surface area contributed by atoms with Gasteiger partial charge in [-0.1, -0.05) is 53.7 Å². The summed E-state index contributed by atoms with van der Waals surface area (Å²) in [5, 5.41) is 12.1. The molecule has 0 aliphatic rings. The van der Waals surface area contributed by atoms with Gasteiger partial charge < -0.3 is 10.1 Å². The Morgan fingerprint density at radius 3 is 2.69 bits per heavy atom. The fraction of sp³-hybridized carbons (Fsp3) is 0.318. The zero-order valence-corrected chi connectivity index (χ0v) is 18.0. The molecule has 7 heteroatoms. The van der Waals surface area contributed by atoms with Crippen LogP contribution in [0.25, 0.3) is 11.4 Å². The monoisotopic (exact) mass is 410 g/mol. The van der Waals surface area contributed by atoms with E-state index in [1.54, 1.807) is 7.11 Å². The Bertz CT molecular complexity index is 986. The molecule has 0 spiro atoms. The summed E-state index contributed by atoms with van der Waals surface area (Å²) in [5.41, 5.74) is 4.01. The molecule has 1 unspecified atom stereocenters. The third-order valence-electron chi connectivity index (χ3n) is 4.57. The van der Waals surface area contributed by atoms with E-state index in [-0.39, 0.29) is 11.2 Å². The van der Waals surface area contributed by atoms with Crippen molar-refractivity contribution < 1.29 is 9.53 Å². The summed E-state index contributed by atoms with van der Waals surface area (Å²) in [7, 11) is 1.67. The zero-order chi connectivity index (χ0) is 20.8. The fourth-order valence-corrected chi connectivity index (χ4v) is 3.79. The van der Waals surface area contributed by atoms with Crippen LogP contribution in [-0.4, -0.2) is 39.6 Å². The number of ether oxygens (including phenoxy) is 1. The Morgan fingerprint density at radius 2 is 1.97 bits per heavy atom. The predicted octanol–water partition coefficient (Wildman–Crippen LogP) is 4.33. The van der Waals surface area contributed by atoms with Gasteiger partial charge in [-0.15, -0.1) is 10.2 Å². The van der Waals surface area contributed by atoms with Crippen molar-refractivity contribution in [1.82, 2.24) is 14.8 Å². The molecule has 1 N–H and O–H groups in total. The average Bonchev–Trinajstić information content (AvgIpc) is 3.10. The van der Waals surface area contributed by atoms with E-state index in [1.165, 1.54) is 11.8 Å². The molecule has 6 nitrogen and oxygen atoms in total. The van der Waals surface area contributed by atoms with E-state index in [9.17, 15) is 4.79 Å². The summed E-state index contributed by atoms with van der Waals surface area (Å²) >= 11 is 1.40. The first kappa shape index (κ1) is 21.1. The van der Waals surface area contributed by atoms with Gasteiger partial charge in [-0.05, 0) is 38.5 Å². The molecular formula is C22H26N4O2S. The minimum absolute atomic E-state index is 0.0669. The number of thioether (sulfide) groups is 1. The number of benzene rings is 2. The number of methoxy groups -OCH3 is 1. The second-order valence-corrected chi connectivity index (χ2v) is 8.19. The lowest BCUT2D eigenvalue weighted by atomic mass is 10.1. The highest BCUT2D eigenvalue weighted by Crippen LogP contribution is 2.28. The number of carbonyl (C=O) groups excluding carboxylic acids is 1. The van der Waals surface area contributed by atoms with E-state index >= 15 is 0 Å². The molecule has 0 aliphatic heterocycles. The van der Waals surface area contributed by atoms with Gasteiger partial charge in [0.05, 0.1) is 18.4 Å². The Balaban J connectivity index is 1.80. The molecule has 3 aromatic rings. The number of aryl methyl sites for hydroxylation is 2. The first-order valence-corrected chi connectivity index (χ1v) is 10.4. The number of para-hydroxylation sites is 1. The van der Waals surface area contributed by atoms with Crippen molar-refractivity contribution >= 4 is 23.4 Å². The number of amides is 1. The maximum Gasteiger partial charge on any atom is 0.237 e. The lowest BCUT2D eigenvalue weighted by molar-refractivity contribution is -0.115. The molecule has 1 heterocycles. The molecule has 1 amide bonds. The quantitative estimate of drug-likeness (QED) is 0.560. The van der Waals surface area contributed by atoms with Crippen LogP contribution in [-0.2, 0) is 16.1 Å². The molecule has 0 radical (unpaired) electrons. The van der Waals surface area contributed by atoms with Crippen LogP contribution in [0.3, 0.4) is 0 Å². The topological polar surface area (TPSA) is 69.0 Å². The minimum Gasteiger partial charge on any atom is -0.383 e. The van der Waals surface area contributed by atoms with Gasteiger partial charge in [-0.3, -0.25) is 9.36 Å². The van der Waals surface area contributed by atoms with Gasteiger partial charge in [0.2, 0.25) is 5.91 Å². The van der Waals surface area contributed by atoms with Crippen LogP contribution in [0.4, 0.5) is 5.69 Å². The zero-order valence-electron chi connectivity index (χ0n) is 17.2. The number of nitrogens with zero attached hydrogens (tertiary/aromatic N) is 3. The van der Waals surface area contributed by atoms with E-state index in [2.05, 4.69) is 21.6 Å². The Hall–Kier alpha value is -2.64. The average molecular weight is 411 g/mol. The van der Waals surface area contributed by atoms with E-state index in [4.69, 9.17) is 4.74 Å². The summed E-state index contributed by atoms with van der Waals surface area (Å²) in [6.07, 6.45) is 0. The third kappa shape index (κ3) is 5.25. The first-order valence-electron chi connectivity index (χ1n) is 9.52. The summed E-state index contributed by atoms with van der Waals surface area (Å²) in [6.45, 7) is 7.05. The van der Waals surface area contributed by atoms with Crippen LogP contribution < -0.4 is 5.32 Å². The molecular weight excluding hydrogens is 384 g/mol. The molecule has 1 atom stereocenters. The molecule has 29 heavy (non-hydrogen) atoms. The van der Waals surface area contributed by atoms with Crippen molar-refractivity contribution in [2.24, 2.45) is 0 Å². The largest absolute Gasteiger partial charge is 0.383 e. The van der Waals surface area contributed by atoms with Gasteiger partial charge >= 0.3 is 0 Å². The number of aromatic nitrogens is 3. The van der Waals surface area contributed by atoms with Crippen molar-refractivity contribution in [1.29, 1.82) is 0 Å². The van der Waals surface area contributed by atoms with Crippen molar-refractivity contribution in [3.63, 3.8) is 0 Å². The summed E-state index contributed by atoms with van der Waals surface area (Å²) in [5.74, 6) is 0.711. The smallest absolute Gasteiger partial charge is 0.237 e. The fourth-order valence-electron chi connectivity index (χ4n) is 2.92. The van der Waals surface area contributed by atoms with Crippen molar-refractivity contribution in [2.45, 2.75) is 37.7 Å². The lowest BCUT2D eigenvalue weighted by Gasteiger charge is -2.14. The van der Waals surface area contributed by atoms with Crippen LogP contribution in [0.5, 0.6) is 0 Å². The van der Waals surface area contributed by atoms with Crippen LogP contribution in [0, 0.1) is 13.8 Å². The van der Waals surface area contributed by atoms with Crippen LogP contribution in [0.1, 0.15) is 18.1 Å². The third-order valence-corrected chi connectivity index (χ3v) is 5.65. The number of rotatable bonds is 8. The van der Waals surface area contributed by atoms with Gasteiger partial charge in [0, 0.05) is 18.4 Å². The highest BCUT2D eigenvalue weighted by Gasteiger charge is 2.21. The minimum atomic E-state index is -0.328. The van der Waals surface area contributed by atoms with E-state index in [1.807, 2.05) is 67.8 Å².